The number of hydrogen-bond donors (Lipinski definition) is 0. The maximum Gasteiger partial charge on any atom is 0.0742 e. The van der Waals surface area contributed by atoms with E-state index in [1.807, 2.05) is 0 Å². The molecule has 38 heavy (non-hydrogen) atoms. The molecule has 0 N–H and O–H groups in total. The average Bonchev–Trinajstić information content (AvgIpc) is 3.13. The van der Waals surface area contributed by atoms with Crippen molar-refractivity contribution in [3.8, 4) is 22.3 Å². The second-order valence-electron chi connectivity index (χ2n) is 10.1. The molecular weight excluding hydrogens is 458 g/mol. The van der Waals surface area contributed by atoms with Crippen molar-refractivity contribution >= 4 is 17.1 Å². The van der Waals surface area contributed by atoms with Crippen molar-refractivity contribution in [3.63, 3.8) is 0 Å². The molecule has 1 heteroatoms. The lowest BCUT2D eigenvalue weighted by Crippen LogP contribution is -2.37. The third-order valence-corrected chi connectivity index (χ3v) is 8.28. The minimum atomic E-state index is -0.463. The Balaban J connectivity index is 1.62. The van der Waals surface area contributed by atoms with Crippen LogP contribution in [-0.4, -0.2) is 0 Å². The number of anilines is 3. The predicted molar refractivity (Wildman–Crippen MR) is 157 cm³/mol. The van der Waals surface area contributed by atoms with Crippen LogP contribution >= 0.6 is 0 Å². The van der Waals surface area contributed by atoms with E-state index in [0.717, 1.165) is 0 Å². The normalized spacial score (nSPS) is 13.9. The van der Waals surface area contributed by atoms with E-state index in [9.17, 15) is 0 Å². The average molecular weight is 484 g/mol. The van der Waals surface area contributed by atoms with Crippen molar-refractivity contribution in [3.05, 3.63) is 174 Å². The zero-order valence-electron chi connectivity index (χ0n) is 20.9. The van der Waals surface area contributed by atoms with E-state index in [1.54, 1.807) is 0 Å². The molecule has 2 aliphatic heterocycles. The predicted octanol–water partition coefficient (Wildman–Crippen LogP) is 9.50. The Morgan fingerprint density at radius 1 is 0.342 bits per heavy atom. The number of para-hydroxylation sites is 3. The summed E-state index contributed by atoms with van der Waals surface area (Å²) in [5.41, 5.74) is 13.4. The Morgan fingerprint density at radius 2 is 0.816 bits per heavy atom. The summed E-state index contributed by atoms with van der Waals surface area (Å²) in [5.74, 6) is 0. The van der Waals surface area contributed by atoms with Crippen LogP contribution in [0.25, 0.3) is 22.3 Å². The molecule has 0 atom stereocenters. The standard InChI is InChI=1S/C37H25N/c1-3-14-26(15-4-1)37(27-16-5-2-6-17-27)32-22-10-12-25-35(32)38-34-24-11-9-20-30(34)28-18-7-8-19-29(28)31-21-13-23-33(37)36(31)38/h1-25H. The smallest absolute Gasteiger partial charge is 0.0742 e. The molecule has 0 aromatic heterocycles. The summed E-state index contributed by atoms with van der Waals surface area (Å²) < 4.78 is 0. The van der Waals surface area contributed by atoms with Crippen molar-refractivity contribution in [2.24, 2.45) is 0 Å². The quantitative estimate of drug-likeness (QED) is 0.237. The molecule has 178 valence electrons. The molecule has 0 bridgehead atoms. The van der Waals surface area contributed by atoms with E-state index in [2.05, 4.69) is 157 Å². The molecule has 0 aliphatic carbocycles. The minimum Gasteiger partial charge on any atom is -0.309 e. The minimum absolute atomic E-state index is 0.463. The summed E-state index contributed by atoms with van der Waals surface area (Å²) in [4.78, 5) is 2.51. The number of rotatable bonds is 2. The van der Waals surface area contributed by atoms with Gasteiger partial charge in [-0.25, -0.2) is 0 Å². The van der Waals surface area contributed by atoms with Gasteiger partial charge in [0, 0.05) is 11.1 Å². The van der Waals surface area contributed by atoms with Crippen molar-refractivity contribution in [1.29, 1.82) is 0 Å². The first-order valence-electron chi connectivity index (χ1n) is 13.2. The molecule has 6 aromatic rings. The lowest BCUT2D eigenvalue weighted by Gasteiger charge is -2.47. The second kappa shape index (κ2) is 8.06. The highest BCUT2D eigenvalue weighted by Crippen LogP contribution is 2.62. The third kappa shape index (κ3) is 2.71. The van der Waals surface area contributed by atoms with Crippen LogP contribution in [0.3, 0.4) is 0 Å². The topological polar surface area (TPSA) is 3.24 Å². The molecule has 0 radical (unpaired) electrons. The van der Waals surface area contributed by atoms with Gasteiger partial charge in [-0.3, -0.25) is 0 Å². The molecule has 6 aromatic carbocycles. The fraction of sp³-hybridized carbons (Fsp3) is 0.0270. The van der Waals surface area contributed by atoms with Crippen molar-refractivity contribution in [1.82, 2.24) is 0 Å². The third-order valence-electron chi connectivity index (χ3n) is 8.28. The zero-order valence-corrected chi connectivity index (χ0v) is 20.9. The molecule has 0 fully saturated rings. The Morgan fingerprint density at radius 3 is 1.50 bits per heavy atom. The number of fused-ring (bicyclic) bond motifs is 7. The lowest BCUT2D eigenvalue weighted by atomic mass is 9.62. The van der Waals surface area contributed by atoms with Gasteiger partial charge in [-0.15, -0.1) is 0 Å². The maximum absolute atomic E-state index is 2.51. The monoisotopic (exact) mass is 483 g/mol. The molecule has 0 unspecified atom stereocenters. The van der Waals surface area contributed by atoms with Crippen molar-refractivity contribution in [2.45, 2.75) is 5.41 Å². The Bertz CT molecular complexity index is 1780. The van der Waals surface area contributed by atoms with E-state index in [4.69, 9.17) is 0 Å². The summed E-state index contributed by atoms with van der Waals surface area (Å²) in [5, 5.41) is 0. The van der Waals surface area contributed by atoms with Crippen molar-refractivity contribution < 1.29 is 0 Å². The molecule has 0 saturated heterocycles. The summed E-state index contributed by atoms with van der Waals surface area (Å²) >= 11 is 0. The number of hydrogen-bond acceptors (Lipinski definition) is 1. The SMILES string of the molecule is c1ccc(C2(c3ccccc3)c3ccccc3N3c4ccccc4-c4ccccc4-c4cccc2c43)cc1. The van der Waals surface area contributed by atoms with Crippen LogP contribution < -0.4 is 4.90 Å². The largest absolute Gasteiger partial charge is 0.309 e. The van der Waals surface area contributed by atoms with Gasteiger partial charge in [-0.1, -0.05) is 140 Å². The molecule has 0 spiro atoms. The number of nitrogens with zero attached hydrogens (tertiary/aromatic N) is 1. The molecule has 2 aliphatic rings. The molecule has 1 nitrogen and oxygen atoms in total. The van der Waals surface area contributed by atoms with Crippen molar-refractivity contribution in [2.75, 3.05) is 4.90 Å². The molecular formula is C37H25N. The van der Waals surface area contributed by atoms with Crippen LogP contribution in [0, 0.1) is 0 Å². The van der Waals surface area contributed by atoms with Gasteiger partial charge in [-0.05, 0) is 45.5 Å². The maximum atomic E-state index is 2.51. The Labute approximate surface area is 223 Å². The van der Waals surface area contributed by atoms with Gasteiger partial charge in [0.2, 0.25) is 0 Å². The summed E-state index contributed by atoms with van der Waals surface area (Å²) in [6.45, 7) is 0. The van der Waals surface area contributed by atoms with Gasteiger partial charge in [-0.2, -0.15) is 0 Å². The van der Waals surface area contributed by atoms with Gasteiger partial charge in [0.05, 0.1) is 22.5 Å². The van der Waals surface area contributed by atoms with E-state index in [-0.39, 0.29) is 0 Å². The summed E-state index contributed by atoms with van der Waals surface area (Å²) in [6.07, 6.45) is 0. The lowest BCUT2D eigenvalue weighted by molar-refractivity contribution is 0.732. The van der Waals surface area contributed by atoms with Gasteiger partial charge >= 0.3 is 0 Å². The van der Waals surface area contributed by atoms with E-state index >= 15 is 0 Å². The van der Waals surface area contributed by atoms with Crippen LogP contribution in [0.2, 0.25) is 0 Å². The van der Waals surface area contributed by atoms with Crippen LogP contribution in [0.15, 0.2) is 152 Å². The fourth-order valence-corrected chi connectivity index (χ4v) is 6.82. The van der Waals surface area contributed by atoms with Crippen LogP contribution in [-0.2, 0) is 5.41 Å². The van der Waals surface area contributed by atoms with Crippen LogP contribution in [0.4, 0.5) is 17.1 Å². The Kier molecular flexibility index (Phi) is 4.50. The molecule has 2 heterocycles. The Hall–Kier alpha value is -4.88. The van der Waals surface area contributed by atoms with Gasteiger partial charge in [0.15, 0.2) is 0 Å². The van der Waals surface area contributed by atoms with Gasteiger partial charge in [0.1, 0.15) is 0 Å². The first kappa shape index (κ1) is 21.2. The fourth-order valence-electron chi connectivity index (χ4n) is 6.82. The number of benzene rings is 6. The first-order valence-corrected chi connectivity index (χ1v) is 13.2. The van der Waals surface area contributed by atoms with Gasteiger partial charge in [0.25, 0.3) is 0 Å². The van der Waals surface area contributed by atoms with E-state index < -0.39 is 5.41 Å². The second-order valence-corrected chi connectivity index (χ2v) is 10.1. The van der Waals surface area contributed by atoms with E-state index in [1.165, 1.54) is 61.6 Å². The molecule has 0 amide bonds. The highest BCUT2D eigenvalue weighted by molar-refractivity contribution is 6.06. The highest BCUT2D eigenvalue weighted by atomic mass is 15.2. The zero-order chi connectivity index (χ0) is 25.1. The van der Waals surface area contributed by atoms with Crippen LogP contribution in [0.1, 0.15) is 22.3 Å². The van der Waals surface area contributed by atoms with E-state index in [0.29, 0.717) is 0 Å². The summed E-state index contributed by atoms with van der Waals surface area (Å²) in [7, 11) is 0. The van der Waals surface area contributed by atoms with Gasteiger partial charge < -0.3 is 4.90 Å². The first-order chi connectivity index (χ1) is 18.9. The van der Waals surface area contributed by atoms with Crippen LogP contribution in [0.5, 0.6) is 0 Å². The summed E-state index contributed by atoms with van der Waals surface area (Å²) in [6, 6.07) is 55.6. The molecule has 8 rings (SSSR count). The highest BCUT2D eigenvalue weighted by Gasteiger charge is 2.48. The molecule has 0 saturated carbocycles.